The molecular formula is C19H29IN4O2S. The molecule has 2 aromatic rings. The Hall–Kier alpha value is -1.55. The molecule has 1 amide bonds. The highest BCUT2D eigenvalue weighted by Crippen LogP contribution is 2.18. The minimum absolute atomic E-state index is 0. The Morgan fingerprint density at radius 2 is 2.04 bits per heavy atom. The number of carbonyl (C=O) groups is 1. The van der Waals surface area contributed by atoms with Gasteiger partial charge in [-0.05, 0) is 48.7 Å². The van der Waals surface area contributed by atoms with Crippen molar-refractivity contribution in [3.8, 4) is 0 Å². The van der Waals surface area contributed by atoms with Crippen molar-refractivity contribution in [1.29, 1.82) is 0 Å². The first-order valence-corrected chi connectivity index (χ1v) is 9.92. The zero-order chi connectivity index (χ0) is 18.8. The number of rotatable bonds is 9. The van der Waals surface area contributed by atoms with Gasteiger partial charge in [-0.25, -0.2) is 0 Å². The highest BCUT2D eigenvalue weighted by molar-refractivity contribution is 14.0. The van der Waals surface area contributed by atoms with E-state index in [9.17, 15) is 4.79 Å². The van der Waals surface area contributed by atoms with Crippen molar-refractivity contribution < 1.29 is 9.21 Å². The lowest BCUT2D eigenvalue weighted by Crippen LogP contribution is -2.39. The molecule has 0 bridgehead atoms. The molecule has 0 saturated heterocycles. The molecule has 0 saturated carbocycles. The molecule has 0 aliphatic carbocycles. The summed E-state index contributed by atoms with van der Waals surface area (Å²) in [6.07, 6.45) is 2.33. The third-order valence-electron chi connectivity index (χ3n) is 3.98. The first-order valence-electron chi connectivity index (χ1n) is 8.98. The zero-order valence-corrected chi connectivity index (χ0v) is 19.2. The van der Waals surface area contributed by atoms with Crippen molar-refractivity contribution in [1.82, 2.24) is 16.0 Å². The molecule has 0 radical (unpaired) electrons. The van der Waals surface area contributed by atoms with Crippen molar-refractivity contribution in [2.24, 2.45) is 4.99 Å². The molecular weight excluding hydrogens is 475 g/mol. The van der Waals surface area contributed by atoms with Gasteiger partial charge >= 0.3 is 0 Å². The summed E-state index contributed by atoms with van der Waals surface area (Å²) in [5, 5.41) is 13.7. The van der Waals surface area contributed by atoms with Crippen LogP contribution in [0.2, 0.25) is 0 Å². The van der Waals surface area contributed by atoms with Crippen LogP contribution in [0, 0.1) is 6.92 Å². The zero-order valence-electron chi connectivity index (χ0n) is 16.1. The number of nitrogens with zero attached hydrogens (tertiary/aromatic N) is 1. The number of thiophene rings is 1. The molecule has 0 fully saturated rings. The van der Waals surface area contributed by atoms with E-state index in [0.29, 0.717) is 18.2 Å². The topological polar surface area (TPSA) is 78.7 Å². The van der Waals surface area contributed by atoms with Crippen LogP contribution in [-0.4, -0.2) is 38.0 Å². The second kappa shape index (κ2) is 12.8. The third kappa shape index (κ3) is 7.92. The van der Waals surface area contributed by atoms with E-state index in [1.165, 1.54) is 11.8 Å². The lowest BCUT2D eigenvalue weighted by Gasteiger charge is -2.13. The average Bonchev–Trinajstić information content (AvgIpc) is 3.30. The summed E-state index contributed by atoms with van der Waals surface area (Å²) in [5.74, 6) is 1.42. The summed E-state index contributed by atoms with van der Waals surface area (Å²) >= 11 is 1.71. The normalized spacial score (nSPS) is 12.2. The van der Waals surface area contributed by atoms with E-state index in [1.54, 1.807) is 17.4 Å². The van der Waals surface area contributed by atoms with E-state index in [0.717, 1.165) is 37.6 Å². The van der Waals surface area contributed by atoms with Crippen LogP contribution < -0.4 is 16.0 Å². The fraction of sp³-hybridized carbons (Fsp3) is 0.474. The quantitative estimate of drug-likeness (QED) is 0.211. The van der Waals surface area contributed by atoms with Crippen molar-refractivity contribution in [2.45, 2.75) is 33.1 Å². The number of hydrogen-bond acceptors (Lipinski definition) is 4. The van der Waals surface area contributed by atoms with Crippen molar-refractivity contribution in [3.63, 3.8) is 0 Å². The number of carbonyl (C=O) groups excluding carboxylic acids is 1. The van der Waals surface area contributed by atoms with Crippen LogP contribution in [0.4, 0.5) is 0 Å². The predicted octanol–water partition coefficient (Wildman–Crippen LogP) is 3.75. The number of guanidine groups is 1. The summed E-state index contributed by atoms with van der Waals surface area (Å²) in [5.41, 5.74) is 2.17. The van der Waals surface area contributed by atoms with Crippen LogP contribution in [0.5, 0.6) is 0 Å². The molecule has 0 aromatic carbocycles. The Morgan fingerprint density at radius 1 is 1.26 bits per heavy atom. The van der Waals surface area contributed by atoms with Crippen molar-refractivity contribution >= 4 is 47.2 Å². The van der Waals surface area contributed by atoms with Crippen LogP contribution in [-0.2, 0) is 0 Å². The lowest BCUT2D eigenvalue weighted by molar-refractivity contribution is 0.0925. The fourth-order valence-electron chi connectivity index (χ4n) is 2.41. The Labute approximate surface area is 182 Å². The van der Waals surface area contributed by atoms with E-state index in [-0.39, 0.29) is 29.9 Å². The van der Waals surface area contributed by atoms with E-state index in [2.05, 4.69) is 44.7 Å². The second-order valence-corrected chi connectivity index (χ2v) is 6.93. The summed E-state index contributed by atoms with van der Waals surface area (Å²) in [6, 6.07) is 3.93. The Balaban J connectivity index is 0.00000364. The third-order valence-corrected chi connectivity index (χ3v) is 4.68. The maximum Gasteiger partial charge on any atom is 0.287 e. The second-order valence-electron chi connectivity index (χ2n) is 6.15. The van der Waals surface area contributed by atoms with Gasteiger partial charge in [0.05, 0.1) is 6.26 Å². The lowest BCUT2D eigenvalue weighted by atomic mass is 10.1. The smallest absolute Gasteiger partial charge is 0.287 e. The molecule has 0 aliphatic heterocycles. The summed E-state index contributed by atoms with van der Waals surface area (Å²) in [7, 11) is 0. The number of halogens is 1. The highest BCUT2D eigenvalue weighted by Gasteiger charge is 2.11. The summed E-state index contributed by atoms with van der Waals surface area (Å²) < 4.78 is 5.18. The maximum absolute atomic E-state index is 12.0. The van der Waals surface area contributed by atoms with Crippen LogP contribution in [0.25, 0.3) is 0 Å². The van der Waals surface area contributed by atoms with E-state index >= 15 is 0 Å². The van der Waals surface area contributed by atoms with Gasteiger partial charge in [0.2, 0.25) is 0 Å². The number of hydrogen-bond donors (Lipinski definition) is 3. The summed E-state index contributed by atoms with van der Waals surface area (Å²) in [4.78, 5) is 16.6. The molecule has 3 N–H and O–H groups in total. The van der Waals surface area contributed by atoms with Crippen LogP contribution in [0.3, 0.4) is 0 Å². The van der Waals surface area contributed by atoms with Gasteiger partial charge in [0.1, 0.15) is 0 Å². The molecule has 2 heterocycles. The van der Waals surface area contributed by atoms with Crippen LogP contribution in [0.1, 0.15) is 47.9 Å². The minimum Gasteiger partial charge on any atom is -0.459 e. The minimum atomic E-state index is -0.169. The maximum atomic E-state index is 12.0. The molecule has 8 heteroatoms. The monoisotopic (exact) mass is 504 g/mol. The number of furan rings is 1. The molecule has 6 nitrogen and oxygen atoms in total. The SMILES string of the molecule is CCNC(=NCC(C)c1ccsc1)NCCCNC(=O)c1occc1C.I. The number of nitrogens with one attached hydrogen (secondary N) is 3. The molecule has 1 atom stereocenters. The van der Waals surface area contributed by atoms with Gasteiger partial charge in [0.15, 0.2) is 11.7 Å². The van der Waals surface area contributed by atoms with E-state index in [4.69, 9.17) is 4.42 Å². The van der Waals surface area contributed by atoms with Gasteiger partial charge in [0.25, 0.3) is 5.91 Å². The van der Waals surface area contributed by atoms with E-state index in [1.807, 2.05) is 13.8 Å². The van der Waals surface area contributed by atoms with Crippen molar-refractivity contribution in [3.05, 3.63) is 46.0 Å². The first kappa shape index (κ1) is 23.5. The van der Waals surface area contributed by atoms with Gasteiger partial charge in [0, 0.05) is 37.7 Å². The van der Waals surface area contributed by atoms with Gasteiger partial charge < -0.3 is 20.4 Å². The van der Waals surface area contributed by atoms with Gasteiger partial charge in [-0.3, -0.25) is 9.79 Å². The Bertz CT molecular complexity index is 700. The van der Waals surface area contributed by atoms with Gasteiger partial charge in [-0.1, -0.05) is 6.92 Å². The van der Waals surface area contributed by atoms with Crippen LogP contribution in [0.15, 0.2) is 38.6 Å². The number of aryl methyl sites for hydroxylation is 1. The molecule has 0 spiro atoms. The Morgan fingerprint density at radius 3 is 2.67 bits per heavy atom. The molecule has 1 unspecified atom stereocenters. The molecule has 150 valence electrons. The molecule has 0 aliphatic rings. The number of amides is 1. The Kier molecular flexibility index (Phi) is 11.1. The fourth-order valence-corrected chi connectivity index (χ4v) is 3.20. The molecule has 27 heavy (non-hydrogen) atoms. The average molecular weight is 504 g/mol. The van der Waals surface area contributed by atoms with Gasteiger partial charge in [-0.2, -0.15) is 11.3 Å². The van der Waals surface area contributed by atoms with Crippen LogP contribution >= 0.6 is 35.3 Å². The highest BCUT2D eigenvalue weighted by atomic mass is 127. The molecule has 2 rings (SSSR count). The van der Waals surface area contributed by atoms with Gasteiger partial charge in [-0.15, -0.1) is 24.0 Å². The predicted molar refractivity (Wildman–Crippen MR) is 123 cm³/mol. The first-order chi connectivity index (χ1) is 12.6. The van der Waals surface area contributed by atoms with Crippen molar-refractivity contribution in [2.75, 3.05) is 26.2 Å². The molecule has 2 aromatic heterocycles. The summed E-state index contributed by atoms with van der Waals surface area (Å²) in [6.45, 7) is 8.95. The standard InChI is InChI=1S/C19H28N4O2S.HI/c1-4-20-19(23-12-15(3)16-7-11-26-13-16)22-9-5-8-21-18(24)17-14(2)6-10-25-17;/h6-7,10-11,13,15H,4-5,8-9,12H2,1-3H3,(H,21,24)(H2,20,22,23);1H. The van der Waals surface area contributed by atoms with E-state index < -0.39 is 0 Å². The largest absolute Gasteiger partial charge is 0.459 e. The number of aliphatic imine (C=N–C) groups is 1.